The Morgan fingerprint density at radius 1 is 1.11 bits per heavy atom. The number of phenols is 1. The molecule has 0 spiro atoms. The van der Waals surface area contributed by atoms with E-state index in [0.717, 1.165) is 0 Å². The van der Waals surface area contributed by atoms with Gasteiger partial charge in [-0.1, -0.05) is 12.1 Å². The largest absolute Gasteiger partial charge is 0.507 e. The second-order valence-electron chi connectivity index (χ2n) is 8.31. The maximum Gasteiger partial charge on any atom is 0.295 e. The fourth-order valence-corrected chi connectivity index (χ4v) is 4.40. The van der Waals surface area contributed by atoms with Gasteiger partial charge in [0.1, 0.15) is 19.0 Å². The summed E-state index contributed by atoms with van der Waals surface area (Å²) in [6.45, 7) is 2.96. The number of pyridine rings is 1. The molecule has 1 atom stereocenters. The monoisotopic (exact) mass is 488 g/mol. The number of amides is 1. The summed E-state index contributed by atoms with van der Waals surface area (Å²) in [7, 11) is 0. The highest BCUT2D eigenvalue weighted by atomic mass is 16.6. The Hall–Kier alpha value is -4.53. The number of benzene rings is 2. The molecule has 1 aromatic heterocycles. The molecule has 0 bridgehead atoms. The van der Waals surface area contributed by atoms with Crippen LogP contribution in [0, 0.1) is 0 Å². The number of carbonyl (C=O) groups is 2. The van der Waals surface area contributed by atoms with Crippen LogP contribution in [0.4, 0.5) is 0 Å². The Morgan fingerprint density at radius 3 is 2.67 bits per heavy atom. The predicted molar refractivity (Wildman–Crippen MR) is 129 cm³/mol. The smallest absolute Gasteiger partial charge is 0.295 e. The van der Waals surface area contributed by atoms with Crippen molar-refractivity contribution in [1.29, 1.82) is 0 Å². The van der Waals surface area contributed by atoms with Crippen molar-refractivity contribution in [1.82, 2.24) is 9.88 Å². The lowest BCUT2D eigenvalue weighted by molar-refractivity contribution is -0.140. The first-order valence-electron chi connectivity index (χ1n) is 11.5. The molecule has 1 amide bonds. The van der Waals surface area contributed by atoms with Gasteiger partial charge in [0, 0.05) is 24.5 Å². The number of hydrogen-bond donors (Lipinski definition) is 2. The zero-order chi connectivity index (χ0) is 25.2. The number of aliphatic hydroxyl groups is 1. The van der Waals surface area contributed by atoms with E-state index >= 15 is 0 Å². The molecule has 0 radical (unpaired) electrons. The highest BCUT2D eigenvalue weighted by Gasteiger charge is 2.46. The number of nitrogens with zero attached hydrogens (tertiary/aromatic N) is 2. The molecule has 1 saturated heterocycles. The molecule has 1 fully saturated rings. The van der Waals surface area contributed by atoms with Crippen molar-refractivity contribution < 1.29 is 34.0 Å². The van der Waals surface area contributed by atoms with Gasteiger partial charge in [0.05, 0.1) is 18.2 Å². The summed E-state index contributed by atoms with van der Waals surface area (Å²) in [5.74, 6) is -0.801. The SMILES string of the molecule is CCOc1cc(C2C(=C(O)c3ccc4c(c3)OCCO4)C(=O)C(=O)N2Cc2cccnc2)ccc1O. The van der Waals surface area contributed by atoms with E-state index < -0.39 is 17.7 Å². The van der Waals surface area contributed by atoms with Crippen molar-refractivity contribution in [3.05, 3.63) is 83.2 Å². The van der Waals surface area contributed by atoms with Gasteiger partial charge in [-0.2, -0.15) is 0 Å². The molecule has 1 unspecified atom stereocenters. The lowest BCUT2D eigenvalue weighted by atomic mass is 9.94. The van der Waals surface area contributed by atoms with Gasteiger partial charge in [-0.3, -0.25) is 14.6 Å². The number of likely N-dealkylation sites (tertiary alicyclic amines) is 1. The normalized spacial score (nSPS) is 18.4. The maximum absolute atomic E-state index is 13.3. The van der Waals surface area contributed by atoms with E-state index in [2.05, 4.69) is 4.98 Å². The van der Waals surface area contributed by atoms with Crippen LogP contribution in [0.25, 0.3) is 5.76 Å². The van der Waals surface area contributed by atoms with Crippen LogP contribution in [0.3, 0.4) is 0 Å². The fourth-order valence-electron chi connectivity index (χ4n) is 4.40. The van der Waals surface area contributed by atoms with Crippen molar-refractivity contribution in [3.63, 3.8) is 0 Å². The minimum Gasteiger partial charge on any atom is -0.507 e. The van der Waals surface area contributed by atoms with Gasteiger partial charge in [0.25, 0.3) is 11.7 Å². The number of fused-ring (bicyclic) bond motifs is 1. The molecule has 9 heteroatoms. The summed E-state index contributed by atoms with van der Waals surface area (Å²) in [6.07, 6.45) is 3.23. The molecule has 2 aliphatic rings. The molecule has 9 nitrogen and oxygen atoms in total. The van der Waals surface area contributed by atoms with Crippen LogP contribution < -0.4 is 14.2 Å². The molecule has 0 saturated carbocycles. The van der Waals surface area contributed by atoms with Crippen LogP contribution in [0.15, 0.2) is 66.5 Å². The molecule has 3 aromatic rings. The van der Waals surface area contributed by atoms with Crippen LogP contribution in [-0.4, -0.2) is 51.6 Å². The quantitative estimate of drug-likeness (QED) is 0.307. The Bertz CT molecular complexity index is 1350. The number of phenolic OH excluding ortho intramolecular Hbond substituents is 1. The highest BCUT2D eigenvalue weighted by molar-refractivity contribution is 6.46. The van der Waals surface area contributed by atoms with Crippen LogP contribution >= 0.6 is 0 Å². The number of aliphatic hydroxyl groups excluding tert-OH is 1. The van der Waals surface area contributed by atoms with Gasteiger partial charge in [-0.25, -0.2) is 0 Å². The predicted octanol–water partition coefficient (Wildman–Crippen LogP) is 3.58. The van der Waals surface area contributed by atoms with E-state index in [-0.39, 0.29) is 29.4 Å². The van der Waals surface area contributed by atoms with Gasteiger partial charge >= 0.3 is 0 Å². The molecular weight excluding hydrogens is 464 g/mol. The molecular formula is C27H24N2O7. The standard InChI is InChI=1S/C27H24N2O7/c1-2-34-21-12-17(5-7-19(21)30)24-23(25(31)18-6-8-20-22(13-18)36-11-10-35-20)26(32)27(33)29(24)15-16-4-3-9-28-14-16/h3-9,12-14,24,30-31H,2,10-11,15H2,1H3. The van der Waals surface area contributed by atoms with Gasteiger partial charge in [-0.15, -0.1) is 0 Å². The zero-order valence-electron chi connectivity index (χ0n) is 19.5. The number of hydrogen-bond acceptors (Lipinski definition) is 8. The Labute approximate surface area is 207 Å². The zero-order valence-corrected chi connectivity index (χ0v) is 19.5. The lowest BCUT2D eigenvalue weighted by Gasteiger charge is -2.26. The van der Waals surface area contributed by atoms with Crippen LogP contribution in [0.2, 0.25) is 0 Å². The third kappa shape index (κ3) is 4.19. The first-order chi connectivity index (χ1) is 17.5. The maximum atomic E-state index is 13.3. The molecule has 3 heterocycles. The highest BCUT2D eigenvalue weighted by Crippen LogP contribution is 2.43. The lowest BCUT2D eigenvalue weighted by Crippen LogP contribution is -2.29. The average Bonchev–Trinajstić information content (AvgIpc) is 3.15. The van der Waals surface area contributed by atoms with Crippen LogP contribution in [-0.2, 0) is 16.1 Å². The number of aromatic nitrogens is 1. The molecule has 2 aliphatic heterocycles. The molecule has 2 aromatic carbocycles. The summed E-state index contributed by atoms with van der Waals surface area (Å²) in [5.41, 5.74) is 1.45. The summed E-state index contributed by atoms with van der Waals surface area (Å²) in [6, 6.07) is 12.1. The summed E-state index contributed by atoms with van der Waals surface area (Å²) in [4.78, 5) is 32.0. The summed E-state index contributed by atoms with van der Waals surface area (Å²) in [5, 5.41) is 21.6. The number of Topliss-reactive ketones (excluding diaryl/α,β-unsaturated/α-hetero) is 1. The molecule has 5 rings (SSSR count). The van der Waals surface area contributed by atoms with Gasteiger partial charge in [0.2, 0.25) is 0 Å². The van der Waals surface area contributed by atoms with Crippen LogP contribution in [0.5, 0.6) is 23.0 Å². The number of carbonyl (C=O) groups excluding carboxylic acids is 2. The second-order valence-corrected chi connectivity index (χ2v) is 8.31. The number of ether oxygens (including phenoxy) is 3. The second kappa shape index (κ2) is 9.61. The molecule has 0 aliphatic carbocycles. The molecule has 36 heavy (non-hydrogen) atoms. The summed E-state index contributed by atoms with van der Waals surface area (Å²) >= 11 is 0. The minimum absolute atomic E-state index is 0.0725. The third-order valence-corrected chi connectivity index (χ3v) is 6.03. The first-order valence-corrected chi connectivity index (χ1v) is 11.5. The van der Waals surface area contributed by atoms with E-state index in [1.54, 1.807) is 61.8 Å². The molecule has 2 N–H and O–H groups in total. The van der Waals surface area contributed by atoms with E-state index in [9.17, 15) is 19.8 Å². The minimum atomic E-state index is -0.932. The van der Waals surface area contributed by atoms with E-state index in [0.29, 0.717) is 48.0 Å². The topological polar surface area (TPSA) is 118 Å². The third-order valence-electron chi connectivity index (χ3n) is 6.03. The van der Waals surface area contributed by atoms with Gasteiger partial charge in [-0.05, 0) is 54.4 Å². The van der Waals surface area contributed by atoms with Crippen molar-refractivity contribution in [2.24, 2.45) is 0 Å². The van der Waals surface area contributed by atoms with Gasteiger partial charge in [0.15, 0.2) is 23.0 Å². The van der Waals surface area contributed by atoms with E-state index in [1.807, 2.05) is 0 Å². The Morgan fingerprint density at radius 2 is 1.92 bits per heavy atom. The summed E-state index contributed by atoms with van der Waals surface area (Å²) < 4.78 is 16.7. The number of rotatable bonds is 6. The van der Waals surface area contributed by atoms with Crippen molar-refractivity contribution in [3.8, 4) is 23.0 Å². The Balaban J connectivity index is 1.65. The van der Waals surface area contributed by atoms with Crippen LogP contribution in [0.1, 0.15) is 29.7 Å². The number of aromatic hydroxyl groups is 1. The average molecular weight is 488 g/mol. The van der Waals surface area contributed by atoms with Gasteiger partial charge < -0.3 is 29.3 Å². The van der Waals surface area contributed by atoms with E-state index in [4.69, 9.17) is 14.2 Å². The first kappa shape index (κ1) is 23.2. The van der Waals surface area contributed by atoms with Crippen molar-refractivity contribution in [2.75, 3.05) is 19.8 Å². The van der Waals surface area contributed by atoms with Crippen molar-refractivity contribution in [2.45, 2.75) is 19.5 Å². The van der Waals surface area contributed by atoms with E-state index in [1.165, 1.54) is 11.0 Å². The Kier molecular flexibility index (Phi) is 6.20. The number of ketones is 1. The van der Waals surface area contributed by atoms with Crippen molar-refractivity contribution >= 4 is 17.4 Å². The fraction of sp³-hybridized carbons (Fsp3) is 0.222. The molecule has 184 valence electrons.